The van der Waals surface area contributed by atoms with Crippen molar-refractivity contribution in [2.75, 3.05) is 23.7 Å². The van der Waals surface area contributed by atoms with Crippen LogP contribution in [0.1, 0.15) is 19.4 Å². The number of fused-ring (bicyclic) bond motifs is 1. The molecular weight excluding hydrogens is 509 g/mol. The number of sulfonamides is 1. The minimum atomic E-state index is -3.83. The fourth-order valence-electron chi connectivity index (χ4n) is 3.76. The number of hydrogen-bond acceptors (Lipinski definition) is 4. The third kappa shape index (κ3) is 6.45. The van der Waals surface area contributed by atoms with Gasteiger partial charge >= 0.3 is 0 Å². The van der Waals surface area contributed by atoms with E-state index in [2.05, 4.69) is 5.32 Å². The molecule has 0 radical (unpaired) electrons. The number of hydrogen-bond donors (Lipinski definition) is 1. The van der Waals surface area contributed by atoms with Gasteiger partial charge in [0.1, 0.15) is 12.6 Å². The van der Waals surface area contributed by atoms with Crippen molar-refractivity contribution < 1.29 is 18.0 Å². The summed E-state index contributed by atoms with van der Waals surface area (Å²) in [6.07, 6.45) is 1.05. The van der Waals surface area contributed by atoms with Crippen LogP contribution in [0.4, 0.5) is 5.69 Å². The van der Waals surface area contributed by atoms with Crippen molar-refractivity contribution >= 4 is 61.5 Å². The van der Waals surface area contributed by atoms with Gasteiger partial charge < -0.3 is 10.2 Å². The minimum Gasteiger partial charge on any atom is -0.355 e. The fourth-order valence-corrected chi connectivity index (χ4v) is 4.94. The Morgan fingerprint density at radius 1 is 1.00 bits per heavy atom. The van der Waals surface area contributed by atoms with Crippen LogP contribution in [0.5, 0.6) is 0 Å². The average Bonchev–Trinajstić information content (AvgIpc) is 2.81. The summed E-state index contributed by atoms with van der Waals surface area (Å²) in [5, 5.41) is 4.93. The molecule has 0 aliphatic heterocycles. The summed E-state index contributed by atoms with van der Waals surface area (Å²) in [4.78, 5) is 27.6. The van der Waals surface area contributed by atoms with Crippen LogP contribution < -0.4 is 9.62 Å². The molecule has 3 rings (SSSR count). The van der Waals surface area contributed by atoms with Crippen molar-refractivity contribution in [3.05, 3.63) is 76.3 Å². The summed E-state index contributed by atoms with van der Waals surface area (Å²) in [6.45, 7) is 3.34. The van der Waals surface area contributed by atoms with E-state index in [1.54, 1.807) is 50.2 Å². The first kappa shape index (κ1) is 26.8. The Kier molecular flexibility index (Phi) is 8.64. The van der Waals surface area contributed by atoms with Gasteiger partial charge in [-0.1, -0.05) is 65.7 Å². The second-order valence-corrected chi connectivity index (χ2v) is 10.8. The summed E-state index contributed by atoms with van der Waals surface area (Å²) in [5.41, 5.74) is 1.04. The Bertz CT molecular complexity index is 1340. The summed E-state index contributed by atoms with van der Waals surface area (Å²) >= 11 is 12.2. The predicted molar refractivity (Wildman–Crippen MR) is 141 cm³/mol. The topological polar surface area (TPSA) is 86.8 Å². The highest BCUT2D eigenvalue weighted by atomic mass is 35.5. The Hall–Kier alpha value is -2.81. The van der Waals surface area contributed by atoms with Crippen LogP contribution in [-0.4, -0.2) is 50.5 Å². The molecule has 0 fully saturated rings. The van der Waals surface area contributed by atoms with E-state index in [0.717, 1.165) is 15.9 Å². The van der Waals surface area contributed by atoms with Crippen molar-refractivity contribution in [3.63, 3.8) is 0 Å². The zero-order valence-corrected chi connectivity index (χ0v) is 22.0. The molecule has 0 aliphatic carbocycles. The van der Waals surface area contributed by atoms with Gasteiger partial charge in [-0.25, -0.2) is 8.42 Å². The van der Waals surface area contributed by atoms with Gasteiger partial charge in [0, 0.05) is 18.5 Å². The van der Waals surface area contributed by atoms with Crippen LogP contribution in [0.25, 0.3) is 10.8 Å². The van der Waals surface area contributed by atoms with Crippen molar-refractivity contribution in [2.45, 2.75) is 26.4 Å². The molecule has 1 unspecified atom stereocenters. The molecule has 3 aromatic rings. The molecule has 2 amide bonds. The molecule has 10 heteroatoms. The van der Waals surface area contributed by atoms with Crippen LogP contribution in [0.15, 0.2) is 60.7 Å². The summed E-state index contributed by atoms with van der Waals surface area (Å²) in [6, 6.07) is 16.7. The number of nitrogens with one attached hydrogen (secondary N) is 1. The molecule has 186 valence electrons. The Morgan fingerprint density at radius 3 is 2.34 bits per heavy atom. The lowest BCUT2D eigenvalue weighted by molar-refractivity contribution is -0.139. The monoisotopic (exact) mass is 535 g/mol. The van der Waals surface area contributed by atoms with Crippen LogP contribution in [0, 0.1) is 0 Å². The van der Waals surface area contributed by atoms with Crippen LogP contribution in [0.3, 0.4) is 0 Å². The normalized spacial score (nSPS) is 12.3. The first-order valence-electron chi connectivity index (χ1n) is 11.0. The third-order valence-corrected chi connectivity index (χ3v) is 7.44. The van der Waals surface area contributed by atoms with E-state index in [9.17, 15) is 18.0 Å². The summed E-state index contributed by atoms with van der Waals surface area (Å²) in [7, 11) is -3.83. The van der Waals surface area contributed by atoms with Gasteiger partial charge in [0.05, 0.1) is 22.0 Å². The van der Waals surface area contributed by atoms with Gasteiger partial charge in [-0.3, -0.25) is 13.9 Å². The van der Waals surface area contributed by atoms with Crippen molar-refractivity contribution in [1.82, 2.24) is 10.2 Å². The first-order chi connectivity index (χ1) is 16.5. The van der Waals surface area contributed by atoms with E-state index < -0.39 is 28.5 Å². The molecule has 1 N–H and O–H groups in total. The SMILES string of the molecule is CCNC(=O)C(C)N(Cc1ccc(Cl)c(Cl)c1)C(=O)CN(c1cccc2ccccc12)S(C)(=O)=O. The number of amides is 2. The van der Waals surface area contributed by atoms with Gasteiger partial charge in [-0.15, -0.1) is 0 Å². The number of carbonyl (C=O) groups excluding carboxylic acids is 2. The van der Waals surface area contributed by atoms with Crippen molar-refractivity contribution in [3.8, 4) is 0 Å². The molecule has 0 spiro atoms. The van der Waals surface area contributed by atoms with Crippen molar-refractivity contribution in [1.29, 1.82) is 0 Å². The van der Waals surface area contributed by atoms with Gasteiger partial charge in [0.15, 0.2) is 0 Å². The maximum absolute atomic E-state index is 13.6. The highest BCUT2D eigenvalue weighted by Gasteiger charge is 2.30. The largest absolute Gasteiger partial charge is 0.355 e. The summed E-state index contributed by atoms with van der Waals surface area (Å²) < 4.78 is 26.7. The van der Waals surface area contributed by atoms with E-state index in [1.165, 1.54) is 4.90 Å². The average molecular weight is 536 g/mol. The number of benzene rings is 3. The zero-order valence-electron chi connectivity index (χ0n) is 19.7. The molecule has 0 heterocycles. The standard InChI is InChI=1S/C25H27Cl2N3O4S/c1-4-28-25(32)17(2)29(15-18-12-13-21(26)22(27)14-18)24(31)16-30(35(3,33)34)23-11-7-9-19-8-5-6-10-20(19)23/h5-14,17H,4,15-16H2,1-3H3,(H,28,32). The molecule has 0 aliphatic rings. The van der Waals surface area contributed by atoms with Crippen LogP contribution in [0.2, 0.25) is 10.0 Å². The van der Waals surface area contributed by atoms with E-state index in [1.807, 2.05) is 24.3 Å². The Balaban J connectivity index is 2.00. The number of carbonyl (C=O) groups is 2. The molecule has 0 saturated heterocycles. The molecular formula is C25H27Cl2N3O4S. The van der Waals surface area contributed by atoms with E-state index >= 15 is 0 Å². The smallest absolute Gasteiger partial charge is 0.244 e. The second-order valence-electron chi connectivity index (χ2n) is 8.11. The van der Waals surface area contributed by atoms with E-state index in [0.29, 0.717) is 33.2 Å². The van der Waals surface area contributed by atoms with Gasteiger partial charge in [-0.2, -0.15) is 0 Å². The van der Waals surface area contributed by atoms with Gasteiger partial charge in [0.2, 0.25) is 21.8 Å². The summed E-state index contributed by atoms with van der Waals surface area (Å²) in [5.74, 6) is -0.884. The molecule has 0 saturated carbocycles. The van der Waals surface area contributed by atoms with Gasteiger partial charge in [0.25, 0.3) is 0 Å². The van der Waals surface area contributed by atoms with Crippen molar-refractivity contribution in [2.24, 2.45) is 0 Å². The third-order valence-electron chi connectivity index (χ3n) is 5.57. The number of rotatable bonds is 9. The number of likely N-dealkylation sites (N-methyl/N-ethyl adjacent to an activating group) is 1. The number of nitrogens with zero attached hydrogens (tertiary/aromatic N) is 2. The number of anilines is 1. The molecule has 0 bridgehead atoms. The van der Waals surface area contributed by atoms with E-state index in [-0.39, 0.29) is 12.5 Å². The lowest BCUT2D eigenvalue weighted by Gasteiger charge is -2.31. The minimum absolute atomic E-state index is 0.0428. The quantitative estimate of drug-likeness (QED) is 0.438. The van der Waals surface area contributed by atoms with Gasteiger partial charge in [-0.05, 0) is 43.0 Å². The van der Waals surface area contributed by atoms with Crippen LogP contribution >= 0.6 is 23.2 Å². The molecule has 7 nitrogen and oxygen atoms in total. The molecule has 0 aromatic heterocycles. The Morgan fingerprint density at radius 2 is 1.69 bits per heavy atom. The lowest BCUT2D eigenvalue weighted by atomic mass is 10.1. The molecule has 1 atom stereocenters. The van der Waals surface area contributed by atoms with E-state index in [4.69, 9.17) is 23.2 Å². The maximum atomic E-state index is 13.6. The molecule has 35 heavy (non-hydrogen) atoms. The lowest BCUT2D eigenvalue weighted by Crippen LogP contribution is -2.51. The predicted octanol–water partition coefficient (Wildman–Crippen LogP) is 4.47. The first-order valence-corrected chi connectivity index (χ1v) is 13.6. The highest BCUT2D eigenvalue weighted by Crippen LogP contribution is 2.29. The second kappa shape index (κ2) is 11.3. The Labute approximate surface area is 215 Å². The highest BCUT2D eigenvalue weighted by molar-refractivity contribution is 7.92. The number of halogens is 2. The fraction of sp³-hybridized carbons (Fsp3) is 0.280. The molecule has 3 aromatic carbocycles. The van der Waals surface area contributed by atoms with Crippen LogP contribution in [-0.2, 0) is 26.2 Å². The maximum Gasteiger partial charge on any atom is 0.244 e. The zero-order chi connectivity index (χ0) is 25.8.